The summed E-state index contributed by atoms with van der Waals surface area (Å²) in [5.74, 6) is -0.198. The molecule has 1 aliphatic heterocycles. The Labute approximate surface area is 112 Å². The molecule has 0 aliphatic carbocycles. The average Bonchev–Trinajstić information content (AvgIpc) is 2.42. The van der Waals surface area contributed by atoms with Gasteiger partial charge in [-0.15, -0.1) is 0 Å². The third kappa shape index (κ3) is 2.76. The highest BCUT2D eigenvalue weighted by atomic mass is 16.5. The third-order valence-electron chi connectivity index (χ3n) is 3.49. The number of hydrogen-bond donors (Lipinski definition) is 1. The highest BCUT2D eigenvalue weighted by Gasteiger charge is 2.22. The Kier molecular flexibility index (Phi) is 3.85. The van der Waals surface area contributed by atoms with Crippen LogP contribution in [0.15, 0.2) is 18.2 Å². The zero-order chi connectivity index (χ0) is 14.0. The lowest BCUT2D eigenvalue weighted by atomic mass is 9.95. The van der Waals surface area contributed by atoms with Crippen LogP contribution in [0.25, 0.3) is 0 Å². The summed E-state index contributed by atoms with van der Waals surface area (Å²) in [6.45, 7) is 0. The second-order valence-corrected chi connectivity index (χ2v) is 4.73. The van der Waals surface area contributed by atoms with Gasteiger partial charge in [0.15, 0.2) is 0 Å². The summed E-state index contributed by atoms with van der Waals surface area (Å²) in [5.41, 5.74) is 8.90. The van der Waals surface area contributed by atoms with E-state index in [1.165, 1.54) is 7.11 Å². The van der Waals surface area contributed by atoms with Gasteiger partial charge in [0.25, 0.3) is 0 Å². The zero-order valence-corrected chi connectivity index (χ0v) is 11.2. The van der Waals surface area contributed by atoms with E-state index < -0.39 is 0 Å². The van der Waals surface area contributed by atoms with Crippen LogP contribution in [0.3, 0.4) is 0 Å². The minimum Gasteiger partial charge on any atom is -0.469 e. The molecule has 5 nitrogen and oxygen atoms in total. The fourth-order valence-electron chi connectivity index (χ4n) is 2.29. The summed E-state index contributed by atoms with van der Waals surface area (Å²) in [4.78, 5) is 24.5. The van der Waals surface area contributed by atoms with Crippen molar-refractivity contribution in [2.75, 3.05) is 19.1 Å². The predicted octanol–water partition coefficient (Wildman–Crippen LogP) is 1.16. The number of nitrogens with zero attached hydrogens (tertiary/aromatic N) is 1. The topological polar surface area (TPSA) is 72.6 Å². The molecule has 1 amide bonds. The molecule has 0 aromatic heterocycles. The van der Waals surface area contributed by atoms with Crippen LogP contribution in [-0.4, -0.2) is 26.0 Å². The number of nitrogens with two attached hydrogens (primary N) is 1. The van der Waals surface area contributed by atoms with Crippen LogP contribution < -0.4 is 10.6 Å². The fourth-order valence-corrected chi connectivity index (χ4v) is 2.29. The summed E-state index contributed by atoms with van der Waals surface area (Å²) in [6.07, 6.45) is 1.39. The number of esters is 1. The van der Waals surface area contributed by atoms with Gasteiger partial charge >= 0.3 is 5.97 Å². The smallest absolute Gasteiger partial charge is 0.307 e. The number of fused-ring (bicyclic) bond motifs is 1. The van der Waals surface area contributed by atoms with Gasteiger partial charge in [0.2, 0.25) is 5.91 Å². The summed E-state index contributed by atoms with van der Waals surface area (Å²) in [6, 6.07) is 5.35. The number of rotatable bonds is 3. The number of hydrogen-bond acceptors (Lipinski definition) is 4. The summed E-state index contributed by atoms with van der Waals surface area (Å²) >= 11 is 0. The molecule has 19 heavy (non-hydrogen) atoms. The third-order valence-corrected chi connectivity index (χ3v) is 3.49. The Balaban J connectivity index is 2.22. The molecule has 1 aromatic rings. The van der Waals surface area contributed by atoms with Crippen LogP contribution >= 0.6 is 0 Å². The van der Waals surface area contributed by atoms with Crippen molar-refractivity contribution in [2.24, 2.45) is 5.73 Å². The predicted molar refractivity (Wildman–Crippen MR) is 71.7 cm³/mol. The van der Waals surface area contributed by atoms with E-state index in [1.54, 1.807) is 11.9 Å². The Morgan fingerprint density at radius 2 is 2.21 bits per heavy atom. The lowest BCUT2D eigenvalue weighted by molar-refractivity contribution is -0.141. The SMILES string of the molecule is COC(=O)CC(N)c1ccc2c(c1)CCC(=O)N2C. The highest BCUT2D eigenvalue weighted by molar-refractivity contribution is 5.95. The molecule has 5 heteroatoms. The highest BCUT2D eigenvalue weighted by Crippen LogP contribution is 2.29. The molecule has 1 heterocycles. The molecule has 1 unspecified atom stereocenters. The maximum absolute atomic E-state index is 11.6. The van der Waals surface area contributed by atoms with Crippen LogP contribution in [0.2, 0.25) is 0 Å². The molecule has 1 aliphatic rings. The molecule has 1 atom stereocenters. The van der Waals surface area contributed by atoms with E-state index in [4.69, 9.17) is 5.73 Å². The van der Waals surface area contributed by atoms with Gasteiger partial charge in [-0.25, -0.2) is 0 Å². The normalized spacial score (nSPS) is 15.9. The zero-order valence-electron chi connectivity index (χ0n) is 11.2. The molecular weight excluding hydrogens is 244 g/mol. The number of aryl methyl sites for hydroxylation is 1. The molecule has 2 N–H and O–H groups in total. The maximum Gasteiger partial charge on any atom is 0.307 e. The molecule has 1 aromatic carbocycles. The number of amides is 1. The first-order valence-corrected chi connectivity index (χ1v) is 6.24. The Morgan fingerprint density at radius 3 is 2.89 bits per heavy atom. The van der Waals surface area contributed by atoms with Crippen molar-refractivity contribution in [3.8, 4) is 0 Å². The van der Waals surface area contributed by atoms with Gasteiger partial charge in [0.05, 0.1) is 13.5 Å². The van der Waals surface area contributed by atoms with E-state index in [2.05, 4.69) is 4.74 Å². The van der Waals surface area contributed by atoms with Gasteiger partial charge in [-0.05, 0) is 23.6 Å². The van der Waals surface area contributed by atoms with Crippen molar-refractivity contribution in [2.45, 2.75) is 25.3 Å². The Morgan fingerprint density at radius 1 is 1.47 bits per heavy atom. The number of methoxy groups -OCH3 is 1. The van der Waals surface area contributed by atoms with Crippen LogP contribution in [0.1, 0.15) is 30.0 Å². The largest absolute Gasteiger partial charge is 0.469 e. The molecule has 0 spiro atoms. The molecule has 0 bridgehead atoms. The van der Waals surface area contributed by atoms with E-state index in [0.29, 0.717) is 6.42 Å². The first-order valence-electron chi connectivity index (χ1n) is 6.24. The average molecular weight is 262 g/mol. The Hall–Kier alpha value is -1.88. The van der Waals surface area contributed by atoms with Crippen LogP contribution in [0, 0.1) is 0 Å². The van der Waals surface area contributed by atoms with Gasteiger partial charge in [-0.1, -0.05) is 12.1 Å². The fraction of sp³-hybridized carbons (Fsp3) is 0.429. The maximum atomic E-state index is 11.6. The lowest BCUT2D eigenvalue weighted by Crippen LogP contribution is -2.31. The van der Waals surface area contributed by atoms with Gasteiger partial charge in [-0.3, -0.25) is 9.59 Å². The minimum absolute atomic E-state index is 0.124. The van der Waals surface area contributed by atoms with Crippen molar-refractivity contribution in [3.63, 3.8) is 0 Å². The number of carbonyl (C=O) groups excluding carboxylic acids is 2. The van der Waals surface area contributed by atoms with Crippen molar-refractivity contribution in [3.05, 3.63) is 29.3 Å². The van der Waals surface area contributed by atoms with E-state index in [9.17, 15) is 9.59 Å². The monoisotopic (exact) mass is 262 g/mol. The summed E-state index contributed by atoms with van der Waals surface area (Å²) < 4.78 is 4.61. The molecule has 102 valence electrons. The van der Waals surface area contributed by atoms with Gasteiger partial charge < -0.3 is 15.4 Å². The van der Waals surface area contributed by atoms with Crippen LogP contribution in [-0.2, 0) is 20.7 Å². The van der Waals surface area contributed by atoms with E-state index in [-0.39, 0.29) is 24.3 Å². The van der Waals surface area contributed by atoms with E-state index in [0.717, 1.165) is 23.2 Å². The lowest BCUT2D eigenvalue weighted by Gasteiger charge is -2.26. The van der Waals surface area contributed by atoms with Crippen molar-refractivity contribution in [1.29, 1.82) is 0 Å². The first kappa shape index (κ1) is 13.5. The number of anilines is 1. The molecular formula is C14H18N2O3. The quantitative estimate of drug-likeness (QED) is 0.830. The van der Waals surface area contributed by atoms with Crippen molar-refractivity contribution in [1.82, 2.24) is 0 Å². The van der Waals surface area contributed by atoms with Gasteiger partial charge in [-0.2, -0.15) is 0 Å². The van der Waals surface area contributed by atoms with Crippen LogP contribution in [0.5, 0.6) is 0 Å². The molecule has 0 fully saturated rings. The van der Waals surface area contributed by atoms with E-state index >= 15 is 0 Å². The molecule has 0 saturated carbocycles. The minimum atomic E-state index is -0.374. The van der Waals surface area contributed by atoms with Crippen molar-refractivity contribution < 1.29 is 14.3 Å². The first-order chi connectivity index (χ1) is 9.02. The molecule has 0 saturated heterocycles. The second kappa shape index (κ2) is 5.40. The number of ether oxygens (including phenoxy) is 1. The summed E-state index contributed by atoms with van der Waals surface area (Å²) in [7, 11) is 3.12. The second-order valence-electron chi connectivity index (χ2n) is 4.73. The van der Waals surface area contributed by atoms with Crippen molar-refractivity contribution >= 4 is 17.6 Å². The van der Waals surface area contributed by atoms with Crippen LogP contribution in [0.4, 0.5) is 5.69 Å². The number of carbonyl (C=O) groups is 2. The number of benzene rings is 1. The van der Waals surface area contributed by atoms with Gasteiger partial charge in [0.1, 0.15) is 0 Å². The standard InChI is InChI=1S/C14H18N2O3/c1-16-12-5-3-9(11(15)8-14(18)19-2)7-10(12)4-6-13(16)17/h3,5,7,11H,4,6,8,15H2,1-2H3. The molecule has 2 rings (SSSR count). The summed E-state index contributed by atoms with van der Waals surface area (Å²) in [5, 5.41) is 0. The molecule has 0 radical (unpaired) electrons. The Bertz CT molecular complexity index is 513. The van der Waals surface area contributed by atoms with E-state index in [1.807, 2.05) is 18.2 Å². The van der Waals surface area contributed by atoms with Gasteiger partial charge in [0, 0.05) is 25.2 Å².